The number of para-hydroxylation sites is 1. The fraction of sp³-hybridized carbons (Fsp3) is 0.214. The molecule has 0 radical (unpaired) electrons. The quantitative estimate of drug-likeness (QED) is 0.612. The van der Waals surface area contributed by atoms with Crippen LogP contribution in [0.5, 0.6) is 0 Å². The van der Waals surface area contributed by atoms with Crippen LogP contribution in [0.3, 0.4) is 0 Å². The molecule has 2 N–H and O–H groups in total. The van der Waals surface area contributed by atoms with Gasteiger partial charge in [-0.2, -0.15) is 0 Å². The van der Waals surface area contributed by atoms with Crippen LogP contribution in [0.1, 0.15) is 19.8 Å². The lowest BCUT2D eigenvalue weighted by Gasteiger charge is -2.08. The molecular formula is C14H15NO5. The number of carboxylic acids is 1. The molecule has 6 heteroatoms. The second-order valence-electron chi connectivity index (χ2n) is 3.95. The Morgan fingerprint density at radius 3 is 2.45 bits per heavy atom. The number of amides is 1. The number of hydrogen-bond donors (Lipinski definition) is 2. The SMILES string of the molecule is CC(=O)OC(=CCC(=O)O)CC(=O)Nc1ccccc1. The summed E-state index contributed by atoms with van der Waals surface area (Å²) >= 11 is 0. The number of carbonyl (C=O) groups excluding carboxylic acids is 2. The fourth-order valence-corrected chi connectivity index (χ4v) is 1.42. The van der Waals surface area contributed by atoms with E-state index in [4.69, 9.17) is 9.84 Å². The van der Waals surface area contributed by atoms with Crippen LogP contribution in [0.4, 0.5) is 5.69 Å². The highest BCUT2D eigenvalue weighted by molar-refractivity contribution is 5.92. The van der Waals surface area contributed by atoms with E-state index in [0.717, 1.165) is 0 Å². The van der Waals surface area contributed by atoms with Gasteiger partial charge in [0.05, 0.1) is 12.8 Å². The van der Waals surface area contributed by atoms with Crippen LogP contribution in [0.2, 0.25) is 0 Å². The third-order valence-electron chi connectivity index (χ3n) is 2.17. The molecule has 0 aromatic heterocycles. The summed E-state index contributed by atoms with van der Waals surface area (Å²) in [5, 5.41) is 11.2. The number of carboxylic acid groups (broad SMARTS) is 1. The maximum Gasteiger partial charge on any atom is 0.307 e. The molecule has 0 aliphatic heterocycles. The van der Waals surface area contributed by atoms with E-state index >= 15 is 0 Å². The first-order valence-electron chi connectivity index (χ1n) is 5.91. The number of benzene rings is 1. The lowest BCUT2D eigenvalue weighted by molar-refractivity contribution is -0.139. The number of anilines is 1. The lowest BCUT2D eigenvalue weighted by atomic mass is 10.2. The minimum Gasteiger partial charge on any atom is -0.481 e. The van der Waals surface area contributed by atoms with Crippen molar-refractivity contribution in [1.82, 2.24) is 0 Å². The molecule has 0 saturated heterocycles. The van der Waals surface area contributed by atoms with Crippen LogP contribution in [0, 0.1) is 0 Å². The lowest BCUT2D eigenvalue weighted by Crippen LogP contribution is -2.14. The Balaban J connectivity index is 2.64. The number of carbonyl (C=O) groups is 3. The maximum atomic E-state index is 11.8. The summed E-state index contributed by atoms with van der Waals surface area (Å²) in [5.41, 5.74) is 0.609. The van der Waals surface area contributed by atoms with Gasteiger partial charge in [-0.05, 0) is 18.2 Å². The van der Waals surface area contributed by atoms with Crippen LogP contribution in [-0.4, -0.2) is 23.0 Å². The van der Waals surface area contributed by atoms with E-state index in [0.29, 0.717) is 5.69 Å². The van der Waals surface area contributed by atoms with Gasteiger partial charge in [-0.15, -0.1) is 0 Å². The predicted octanol–water partition coefficient (Wildman–Crippen LogP) is 1.94. The van der Waals surface area contributed by atoms with Crippen molar-refractivity contribution in [3.8, 4) is 0 Å². The zero-order chi connectivity index (χ0) is 15.0. The molecule has 0 unspecified atom stereocenters. The van der Waals surface area contributed by atoms with Gasteiger partial charge in [0.25, 0.3) is 0 Å². The average Bonchev–Trinajstić information content (AvgIpc) is 2.36. The third kappa shape index (κ3) is 6.34. The minimum absolute atomic E-state index is 0.0216. The summed E-state index contributed by atoms with van der Waals surface area (Å²) in [4.78, 5) is 33.1. The van der Waals surface area contributed by atoms with E-state index < -0.39 is 17.8 Å². The highest BCUT2D eigenvalue weighted by Crippen LogP contribution is 2.10. The van der Waals surface area contributed by atoms with E-state index in [1.54, 1.807) is 24.3 Å². The van der Waals surface area contributed by atoms with Crippen LogP contribution in [0.15, 0.2) is 42.2 Å². The average molecular weight is 277 g/mol. The van der Waals surface area contributed by atoms with Crippen molar-refractivity contribution >= 4 is 23.5 Å². The Labute approximate surface area is 116 Å². The Morgan fingerprint density at radius 1 is 1.25 bits per heavy atom. The van der Waals surface area contributed by atoms with Gasteiger partial charge in [0.1, 0.15) is 5.76 Å². The minimum atomic E-state index is -1.07. The van der Waals surface area contributed by atoms with Crippen LogP contribution in [-0.2, 0) is 19.1 Å². The number of aliphatic carboxylic acids is 1. The smallest absolute Gasteiger partial charge is 0.307 e. The molecule has 0 aliphatic rings. The molecule has 6 nitrogen and oxygen atoms in total. The predicted molar refractivity (Wildman–Crippen MR) is 71.8 cm³/mol. The van der Waals surface area contributed by atoms with Gasteiger partial charge in [0, 0.05) is 12.6 Å². The van der Waals surface area contributed by atoms with Gasteiger partial charge in [0.2, 0.25) is 5.91 Å². The monoisotopic (exact) mass is 277 g/mol. The molecular weight excluding hydrogens is 262 g/mol. The Morgan fingerprint density at radius 2 is 1.90 bits per heavy atom. The second-order valence-corrected chi connectivity index (χ2v) is 3.95. The normalized spacial score (nSPS) is 10.8. The molecule has 0 spiro atoms. The molecule has 20 heavy (non-hydrogen) atoms. The Bertz CT molecular complexity index is 522. The van der Waals surface area contributed by atoms with Gasteiger partial charge in [-0.3, -0.25) is 14.4 Å². The van der Waals surface area contributed by atoms with Gasteiger partial charge in [-0.25, -0.2) is 0 Å². The fourth-order valence-electron chi connectivity index (χ4n) is 1.42. The van der Waals surface area contributed by atoms with E-state index in [1.807, 2.05) is 6.07 Å². The van der Waals surface area contributed by atoms with Gasteiger partial charge >= 0.3 is 11.9 Å². The van der Waals surface area contributed by atoms with Crippen molar-refractivity contribution in [2.75, 3.05) is 5.32 Å². The summed E-state index contributed by atoms with van der Waals surface area (Å²) in [5.74, 6) is -2.05. The number of esters is 1. The van der Waals surface area contributed by atoms with Crippen molar-refractivity contribution in [2.45, 2.75) is 19.8 Å². The van der Waals surface area contributed by atoms with E-state index in [1.165, 1.54) is 13.0 Å². The van der Waals surface area contributed by atoms with Gasteiger partial charge in [0.15, 0.2) is 0 Å². The summed E-state index contributed by atoms with van der Waals surface area (Å²) < 4.78 is 4.81. The summed E-state index contributed by atoms with van der Waals surface area (Å²) in [6.07, 6.45) is 0.678. The molecule has 0 aliphatic carbocycles. The van der Waals surface area contributed by atoms with E-state index in [-0.39, 0.29) is 18.6 Å². The molecule has 0 bridgehead atoms. The number of hydrogen-bond acceptors (Lipinski definition) is 4. The standard InChI is InChI=1S/C14H15NO5/c1-10(16)20-12(7-8-14(18)19)9-13(17)15-11-5-3-2-4-6-11/h2-7H,8-9H2,1H3,(H,15,17)(H,18,19). The first-order chi connectivity index (χ1) is 9.47. The zero-order valence-corrected chi connectivity index (χ0v) is 11.0. The van der Waals surface area contributed by atoms with Crippen LogP contribution < -0.4 is 5.32 Å². The highest BCUT2D eigenvalue weighted by Gasteiger charge is 2.10. The molecule has 1 rings (SSSR count). The summed E-state index contributed by atoms with van der Waals surface area (Å²) in [6, 6.07) is 8.77. The van der Waals surface area contributed by atoms with Crippen molar-refractivity contribution in [3.63, 3.8) is 0 Å². The second kappa shape index (κ2) is 7.73. The van der Waals surface area contributed by atoms with Crippen molar-refractivity contribution in [3.05, 3.63) is 42.2 Å². The molecule has 0 heterocycles. The molecule has 0 saturated carbocycles. The molecule has 1 aromatic carbocycles. The Hall–Kier alpha value is -2.63. The summed E-state index contributed by atoms with van der Waals surface area (Å²) in [6.45, 7) is 1.18. The largest absolute Gasteiger partial charge is 0.481 e. The van der Waals surface area contributed by atoms with E-state index in [9.17, 15) is 14.4 Å². The topological polar surface area (TPSA) is 92.7 Å². The van der Waals surface area contributed by atoms with Gasteiger partial charge in [-0.1, -0.05) is 18.2 Å². The Kier molecular flexibility index (Phi) is 5.96. The molecule has 0 atom stereocenters. The summed E-state index contributed by atoms with van der Waals surface area (Å²) in [7, 11) is 0. The first kappa shape index (κ1) is 15.4. The highest BCUT2D eigenvalue weighted by atomic mass is 16.5. The third-order valence-corrected chi connectivity index (χ3v) is 2.17. The van der Waals surface area contributed by atoms with Gasteiger partial charge < -0.3 is 15.2 Å². The molecule has 106 valence electrons. The maximum absolute atomic E-state index is 11.8. The molecule has 1 aromatic rings. The van der Waals surface area contributed by atoms with Crippen molar-refractivity contribution in [2.24, 2.45) is 0 Å². The molecule has 0 fully saturated rings. The first-order valence-corrected chi connectivity index (χ1v) is 5.91. The van der Waals surface area contributed by atoms with Crippen LogP contribution >= 0.6 is 0 Å². The molecule has 1 amide bonds. The zero-order valence-electron chi connectivity index (χ0n) is 11.0. The van der Waals surface area contributed by atoms with E-state index in [2.05, 4.69) is 5.32 Å². The number of ether oxygens (including phenoxy) is 1. The number of rotatable bonds is 6. The van der Waals surface area contributed by atoms with Crippen molar-refractivity contribution < 1.29 is 24.2 Å². The number of nitrogens with one attached hydrogen (secondary N) is 1. The van der Waals surface area contributed by atoms with Crippen LogP contribution in [0.25, 0.3) is 0 Å². The van der Waals surface area contributed by atoms with Crippen molar-refractivity contribution in [1.29, 1.82) is 0 Å².